The Kier molecular flexibility index (Phi) is 3.22. The van der Waals surface area contributed by atoms with Crippen LogP contribution in [0.4, 0.5) is 5.69 Å². The van der Waals surface area contributed by atoms with Crippen molar-refractivity contribution in [3.8, 4) is 6.07 Å². The fourth-order valence-electron chi connectivity index (χ4n) is 3.50. The van der Waals surface area contributed by atoms with Gasteiger partial charge in [-0.25, -0.2) is 0 Å². The second-order valence-corrected chi connectivity index (χ2v) is 6.33. The van der Waals surface area contributed by atoms with Crippen LogP contribution in [0.5, 0.6) is 0 Å². The summed E-state index contributed by atoms with van der Waals surface area (Å²) in [6.07, 6.45) is 7.30. The SMILES string of the molecule is Cc1ccccc1NC1(C#N)CCCC(C2CC2)C1. The first-order chi connectivity index (χ1) is 9.22. The van der Waals surface area contributed by atoms with Gasteiger partial charge in [-0.3, -0.25) is 0 Å². The number of nitrogens with zero attached hydrogens (tertiary/aromatic N) is 1. The van der Waals surface area contributed by atoms with E-state index in [4.69, 9.17) is 0 Å². The van der Waals surface area contributed by atoms with E-state index >= 15 is 0 Å². The zero-order valence-electron chi connectivity index (χ0n) is 11.7. The Bertz CT molecular complexity index is 498. The Morgan fingerprint density at radius 3 is 2.68 bits per heavy atom. The highest BCUT2D eigenvalue weighted by Gasteiger charge is 2.42. The molecule has 0 aromatic heterocycles. The second-order valence-electron chi connectivity index (χ2n) is 6.33. The van der Waals surface area contributed by atoms with Crippen molar-refractivity contribution in [1.82, 2.24) is 0 Å². The molecule has 2 aliphatic rings. The van der Waals surface area contributed by atoms with Gasteiger partial charge in [-0.05, 0) is 68.9 Å². The minimum atomic E-state index is -0.336. The first-order valence-electron chi connectivity index (χ1n) is 7.47. The lowest BCUT2D eigenvalue weighted by Crippen LogP contribution is -2.42. The smallest absolute Gasteiger partial charge is 0.125 e. The largest absolute Gasteiger partial charge is 0.367 e. The Morgan fingerprint density at radius 2 is 2.00 bits per heavy atom. The monoisotopic (exact) mass is 254 g/mol. The zero-order valence-corrected chi connectivity index (χ0v) is 11.7. The number of benzene rings is 1. The summed E-state index contributed by atoms with van der Waals surface area (Å²) in [5.74, 6) is 1.68. The van der Waals surface area contributed by atoms with Crippen molar-refractivity contribution in [3.63, 3.8) is 0 Å². The summed E-state index contributed by atoms with van der Waals surface area (Å²) in [4.78, 5) is 0. The molecule has 0 saturated heterocycles. The number of nitriles is 1. The van der Waals surface area contributed by atoms with Gasteiger partial charge in [0.25, 0.3) is 0 Å². The normalized spacial score (nSPS) is 30.6. The Balaban J connectivity index is 1.79. The molecule has 0 amide bonds. The van der Waals surface area contributed by atoms with E-state index in [-0.39, 0.29) is 5.54 Å². The molecule has 1 aromatic carbocycles. The molecule has 1 aromatic rings. The average molecular weight is 254 g/mol. The van der Waals surface area contributed by atoms with Crippen molar-refractivity contribution >= 4 is 5.69 Å². The molecular weight excluding hydrogens is 232 g/mol. The number of hydrogen-bond donors (Lipinski definition) is 1. The Morgan fingerprint density at radius 1 is 1.21 bits per heavy atom. The lowest BCUT2D eigenvalue weighted by atomic mass is 9.74. The highest BCUT2D eigenvalue weighted by Crippen LogP contribution is 2.47. The first-order valence-corrected chi connectivity index (χ1v) is 7.47. The lowest BCUT2D eigenvalue weighted by molar-refractivity contribution is 0.263. The molecule has 0 bridgehead atoms. The predicted octanol–water partition coefficient (Wildman–Crippen LogP) is 4.27. The van der Waals surface area contributed by atoms with E-state index in [9.17, 15) is 5.26 Å². The van der Waals surface area contributed by atoms with Gasteiger partial charge in [-0.15, -0.1) is 0 Å². The fourth-order valence-corrected chi connectivity index (χ4v) is 3.50. The molecule has 0 spiro atoms. The molecule has 19 heavy (non-hydrogen) atoms. The lowest BCUT2D eigenvalue weighted by Gasteiger charge is -2.37. The number of para-hydroxylation sites is 1. The Hall–Kier alpha value is -1.49. The summed E-state index contributed by atoms with van der Waals surface area (Å²) in [6, 6.07) is 10.9. The Labute approximate surface area is 115 Å². The highest BCUT2D eigenvalue weighted by molar-refractivity contribution is 5.53. The van der Waals surface area contributed by atoms with Crippen LogP contribution >= 0.6 is 0 Å². The van der Waals surface area contributed by atoms with Crippen LogP contribution in [-0.4, -0.2) is 5.54 Å². The van der Waals surface area contributed by atoms with E-state index in [1.807, 2.05) is 12.1 Å². The second kappa shape index (κ2) is 4.89. The van der Waals surface area contributed by atoms with Gasteiger partial charge in [0.15, 0.2) is 0 Å². The van der Waals surface area contributed by atoms with E-state index in [0.29, 0.717) is 0 Å². The summed E-state index contributed by atoms with van der Waals surface area (Å²) in [5.41, 5.74) is 2.02. The third kappa shape index (κ3) is 2.61. The van der Waals surface area contributed by atoms with Crippen LogP contribution in [0.1, 0.15) is 44.1 Å². The van der Waals surface area contributed by atoms with Crippen LogP contribution < -0.4 is 5.32 Å². The topological polar surface area (TPSA) is 35.8 Å². The molecule has 2 saturated carbocycles. The van der Waals surface area contributed by atoms with Crippen molar-refractivity contribution in [1.29, 1.82) is 5.26 Å². The maximum atomic E-state index is 9.70. The summed E-state index contributed by atoms with van der Waals surface area (Å²) in [5, 5.41) is 13.3. The van der Waals surface area contributed by atoms with Crippen LogP contribution in [-0.2, 0) is 0 Å². The molecule has 2 fully saturated rings. The van der Waals surface area contributed by atoms with Crippen LogP contribution in [0.15, 0.2) is 24.3 Å². The molecule has 2 aliphatic carbocycles. The number of anilines is 1. The fraction of sp³-hybridized carbons (Fsp3) is 0.588. The summed E-state index contributed by atoms with van der Waals surface area (Å²) >= 11 is 0. The number of rotatable bonds is 3. The average Bonchev–Trinajstić information content (AvgIpc) is 3.26. The molecule has 1 N–H and O–H groups in total. The summed E-state index contributed by atoms with van der Waals surface area (Å²) in [7, 11) is 0. The third-order valence-corrected chi connectivity index (χ3v) is 4.81. The van der Waals surface area contributed by atoms with E-state index in [1.165, 1.54) is 31.2 Å². The first kappa shape index (κ1) is 12.5. The van der Waals surface area contributed by atoms with E-state index in [0.717, 1.165) is 30.4 Å². The molecule has 0 aliphatic heterocycles. The van der Waals surface area contributed by atoms with Crippen molar-refractivity contribution in [3.05, 3.63) is 29.8 Å². The van der Waals surface area contributed by atoms with Crippen LogP contribution in [0.25, 0.3) is 0 Å². The minimum absolute atomic E-state index is 0.336. The number of hydrogen-bond acceptors (Lipinski definition) is 2. The predicted molar refractivity (Wildman–Crippen MR) is 77.8 cm³/mol. The van der Waals surface area contributed by atoms with E-state index in [1.54, 1.807) is 0 Å². The van der Waals surface area contributed by atoms with Gasteiger partial charge < -0.3 is 5.32 Å². The van der Waals surface area contributed by atoms with Gasteiger partial charge in [-0.2, -0.15) is 5.26 Å². The van der Waals surface area contributed by atoms with Crippen LogP contribution in [0.3, 0.4) is 0 Å². The molecular formula is C17H22N2. The third-order valence-electron chi connectivity index (χ3n) is 4.81. The standard InChI is InChI=1S/C17H22N2/c1-13-5-2-3-7-16(13)19-17(12-18)10-4-6-15(11-17)14-8-9-14/h2-3,5,7,14-15,19H,4,6,8-11H2,1H3. The summed E-state index contributed by atoms with van der Waals surface area (Å²) < 4.78 is 0. The number of aryl methyl sites for hydroxylation is 1. The summed E-state index contributed by atoms with van der Waals surface area (Å²) in [6.45, 7) is 2.11. The van der Waals surface area contributed by atoms with Gasteiger partial charge >= 0.3 is 0 Å². The zero-order chi connectivity index (χ0) is 13.3. The van der Waals surface area contributed by atoms with Crippen molar-refractivity contribution in [2.24, 2.45) is 11.8 Å². The van der Waals surface area contributed by atoms with Crippen LogP contribution in [0, 0.1) is 30.1 Å². The van der Waals surface area contributed by atoms with Crippen molar-refractivity contribution in [2.45, 2.75) is 51.0 Å². The van der Waals surface area contributed by atoms with Gasteiger partial charge in [0.1, 0.15) is 5.54 Å². The van der Waals surface area contributed by atoms with E-state index in [2.05, 4.69) is 30.4 Å². The van der Waals surface area contributed by atoms with E-state index < -0.39 is 0 Å². The molecule has 2 heteroatoms. The molecule has 0 heterocycles. The molecule has 2 nitrogen and oxygen atoms in total. The maximum absolute atomic E-state index is 9.70. The molecule has 0 radical (unpaired) electrons. The molecule has 100 valence electrons. The van der Waals surface area contributed by atoms with Gasteiger partial charge in [0, 0.05) is 5.69 Å². The molecule has 2 unspecified atom stereocenters. The van der Waals surface area contributed by atoms with Crippen molar-refractivity contribution < 1.29 is 0 Å². The van der Waals surface area contributed by atoms with Crippen LogP contribution in [0.2, 0.25) is 0 Å². The maximum Gasteiger partial charge on any atom is 0.125 e. The quantitative estimate of drug-likeness (QED) is 0.874. The van der Waals surface area contributed by atoms with Crippen molar-refractivity contribution in [2.75, 3.05) is 5.32 Å². The molecule has 2 atom stereocenters. The molecule has 3 rings (SSSR count). The van der Waals surface area contributed by atoms with Gasteiger partial charge in [-0.1, -0.05) is 18.2 Å². The minimum Gasteiger partial charge on any atom is -0.367 e. The van der Waals surface area contributed by atoms with Gasteiger partial charge in [0.05, 0.1) is 6.07 Å². The number of nitrogens with one attached hydrogen (secondary N) is 1. The van der Waals surface area contributed by atoms with Gasteiger partial charge in [0.2, 0.25) is 0 Å². The highest BCUT2D eigenvalue weighted by atomic mass is 15.0.